The van der Waals surface area contributed by atoms with Crippen molar-refractivity contribution in [3.05, 3.63) is 0 Å². The molecule has 2 atom stereocenters. The number of thioether (sulfide) groups is 1. The van der Waals surface area contributed by atoms with Crippen LogP contribution in [0.5, 0.6) is 0 Å². The first-order valence-corrected chi connectivity index (χ1v) is 7.59. The Balaban J connectivity index is 2.46. The van der Waals surface area contributed by atoms with E-state index in [1.807, 2.05) is 0 Å². The number of hydrogen-bond donors (Lipinski definition) is 1. The highest BCUT2D eigenvalue weighted by molar-refractivity contribution is 7.99. The molecule has 1 N–H and O–H groups in total. The van der Waals surface area contributed by atoms with E-state index in [-0.39, 0.29) is 0 Å². The molecule has 2 heteroatoms. The van der Waals surface area contributed by atoms with Gasteiger partial charge in [0.2, 0.25) is 0 Å². The minimum Gasteiger partial charge on any atom is -0.310 e. The van der Waals surface area contributed by atoms with Gasteiger partial charge in [0.25, 0.3) is 0 Å². The molecule has 15 heavy (non-hydrogen) atoms. The van der Waals surface area contributed by atoms with Crippen molar-refractivity contribution >= 4 is 11.8 Å². The average Bonchev–Trinajstić information content (AvgIpc) is 2.20. The summed E-state index contributed by atoms with van der Waals surface area (Å²) in [6.45, 7) is 9.42. The van der Waals surface area contributed by atoms with E-state index in [4.69, 9.17) is 0 Å². The van der Waals surface area contributed by atoms with Crippen LogP contribution in [0, 0.1) is 5.41 Å². The molecule has 1 fully saturated rings. The molecule has 1 aliphatic heterocycles. The Morgan fingerprint density at radius 2 is 2.13 bits per heavy atom. The van der Waals surface area contributed by atoms with E-state index < -0.39 is 0 Å². The lowest BCUT2D eigenvalue weighted by molar-refractivity contribution is 0.222. The third-order valence-electron chi connectivity index (χ3n) is 3.69. The molecule has 0 radical (unpaired) electrons. The van der Waals surface area contributed by atoms with Crippen molar-refractivity contribution in [1.82, 2.24) is 5.32 Å². The molecule has 1 rings (SSSR count). The molecule has 0 spiro atoms. The number of rotatable bonds is 5. The fourth-order valence-electron chi connectivity index (χ4n) is 2.25. The Hall–Kier alpha value is 0.310. The third kappa shape index (κ3) is 3.99. The first-order chi connectivity index (χ1) is 7.10. The minimum absolute atomic E-state index is 0.492. The maximum Gasteiger partial charge on any atom is 0.0212 e. The van der Waals surface area contributed by atoms with E-state index >= 15 is 0 Å². The van der Waals surface area contributed by atoms with Gasteiger partial charge < -0.3 is 5.32 Å². The fraction of sp³-hybridized carbons (Fsp3) is 1.00. The van der Waals surface area contributed by atoms with Crippen LogP contribution in [-0.2, 0) is 0 Å². The van der Waals surface area contributed by atoms with E-state index in [9.17, 15) is 0 Å². The fourth-order valence-corrected chi connectivity index (χ4v) is 3.87. The molecule has 1 aliphatic rings. The Kier molecular flexibility index (Phi) is 5.48. The predicted molar refractivity (Wildman–Crippen MR) is 71.6 cm³/mol. The molecule has 2 unspecified atom stereocenters. The molecule has 0 saturated carbocycles. The van der Waals surface area contributed by atoms with Crippen molar-refractivity contribution < 1.29 is 0 Å². The van der Waals surface area contributed by atoms with Crippen LogP contribution in [0.4, 0.5) is 0 Å². The molecule has 0 amide bonds. The van der Waals surface area contributed by atoms with Gasteiger partial charge in [0.05, 0.1) is 0 Å². The van der Waals surface area contributed by atoms with Gasteiger partial charge in [0, 0.05) is 17.8 Å². The Morgan fingerprint density at radius 3 is 2.67 bits per heavy atom. The second-order valence-corrected chi connectivity index (χ2v) is 6.58. The van der Waals surface area contributed by atoms with E-state index in [0.717, 1.165) is 6.04 Å². The van der Waals surface area contributed by atoms with Gasteiger partial charge in [-0.3, -0.25) is 0 Å². The Bertz CT molecular complexity index is 179. The van der Waals surface area contributed by atoms with Gasteiger partial charge in [-0.2, -0.15) is 11.8 Å². The molecule has 0 aromatic carbocycles. The van der Waals surface area contributed by atoms with Crippen LogP contribution in [0.3, 0.4) is 0 Å². The molecule has 1 heterocycles. The van der Waals surface area contributed by atoms with Crippen LogP contribution in [0.1, 0.15) is 53.4 Å². The molecule has 0 bridgehead atoms. The van der Waals surface area contributed by atoms with Crippen molar-refractivity contribution in [2.45, 2.75) is 65.5 Å². The van der Waals surface area contributed by atoms with E-state index in [1.165, 1.54) is 37.2 Å². The number of nitrogens with one attached hydrogen (secondary N) is 1. The maximum absolute atomic E-state index is 3.88. The van der Waals surface area contributed by atoms with Gasteiger partial charge in [-0.05, 0) is 30.4 Å². The maximum atomic E-state index is 3.88. The first-order valence-electron chi connectivity index (χ1n) is 6.44. The molecule has 0 aliphatic carbocycles. The zero-order valence-electron chi connectivity index (χ0n) is 10.8. The van der Waals surface area contributed by atoms with Crippen molar-refractivity contribution in [2.75, 3.05) is 11.5 Å². The highest BCUT2D eigenvalue weighted by Gasteiger charge is 2.33. The van der Waals surface area contributed by atoms with Crippen molar-refractivity contribution in [3.8, 4) is 0 Å². The summed E-state index contributed by atoms with van der Waals surface area (Å²) in [5.41, 5.74) is 0.492. The summed E-state index contributed by atoms with van der Waals surface area (Å²) < 4.78 is 0. The lowest BCUT2D eigenvalue weighted by Gasteiger charge is -2.41. The molecular formula is C13H27NS. The largest absolute Gasteiger partial charge is 0.310 e. The summed E-state index contributed by atoms with van der Waals surface area (Å²) in [6, 6.07) is 1.45. The van der Waals surface area contributed by atoms with E-state index in [2.05, 4.69) is 44.8 Å². The highest BCUT2D eigenvalue weighted by Crippen LogP contribution is 2.34. The first kappa shape index (κ1) is 13.4. The van der Waals surface area contributed by atoms with Gasteiger partial charge in [-0.15, -0.1) is 0 Å². The average molecular weight is 229 g/mol. The third-order valence-corrected chi connectivity index (χ3v) is 4.75. The van der Waals surface area contributed by atoms with Crippen LogP contribution in [0.15, 0.2) is 0 Å². The molecule has 1 saturated heterocycles. The summed E-state index contributed by atoms with van der Waals surface area (Å²) in [6.07, 6.45) is 5.25. The van der Waals surface area contributed by atoms with Gasteiger partial charge in [-0.25, -0.2) is 0 Å². The molecule has 1 nitrogen and oxygen atoms in total. The molecular weight excluding hydrogens is 202 g/mol. The van der Waals surface area contributed by atoms with Crippen LogP contribution in [-0.4, -0.2) is 23.6 Å². The quantitative estimate of drug-likeness (QED) is 0.772. The predicted octanol–water partition coefficient (Wildman–Crippen LogP) is 3.69. The van der Waals surface area contributed by atoms with Gasteiger partial charge >= 0.3 is 0 Å². The van der Waals surface area contributed by atoms with Crippen LogP contribution >= 0.6 is 11.8 Å². The summed E-state index contributed by atoms with van der Waals surface area (Å²) >= 11 is 2.11. The van der Waals surface area contributed by atoms with Gasteiger partial charge in [-0.1, -0.05) is 34.1 Å². The lowest BCUT2D eigenvalue weighted by Crippen LogP contribution is -2.50. The van der Waals surface area contributed by atoms with Crippen LogP contribution in [0.25, 0.3) is 0 Å². The van der Waals surface area contributed by atoms with Crippen LogP contribution in [0.2, 0.25) is 0 Å². The molecule has 0 aromatic rings. The van der Waals surface area contributed by atoms with Crippen molar-refractivity contribution in [3.63, 3.8) is 0 Å². The van der Waals surface area contributed by atoms with E-state index in [1.54, 1.807) is 0 Å². The Morgan fingerprint density at radius 1 is 1.40 bits per heavy atom. The second kappa shape index (κ2) is 6.15. The minimum atomic E-state index is 0.492. The van der Waals surface area contributed by atoms with E-state index in [0.29, 0.717) is 11.5 Å². The summed E-state index contributed by atoms with van der Waals surface area (Å²) in [4.78, 5) is 0. The zero-order valence-corrected chi connectivity index (χ0v) is 11.6. The normalized spacial score (nSPS) is 27.6. The van der Waals surface area contributed by atoms with Crippen molar-refractivity contribution in [1.29, 1.82) is 0 Å². The second-order valence-electron chi connectivity index (χ2n) is 5.43. The number of hydrogen-bond acceptors (Lipinski definition) is 2. The smallest absolute Gasteiger partial charge is 0.0212 e. The molecule has 0 aromatic heterocycles. The van der Waals surface area contributed by atoms with Gasteiger partial charge in [0.15, 0.2) is 0 Å². The monoisotopic (exact) mass is 229 g/mol. The zero-order chi connectivity index (χ0) is 11.3. The van der Waals surface area contributed by atoms with Gasteiger partial charge in [0.1, 0.15) is 0 Å². The topological polar surface area (TPSA) is 12.0 Å². The highest BCUT2D eigenvalue weighted by atomic mass is 32.2. The van der Waals surface area contributed by atoms with Crippen molar-refractivity contribution in [2.24, 2.45) is 5.41 Å². The standard InChI is InChI=1S/C13H27NS/c1-5-7-11(6-2)14-12-10-15-9-8-13(12,3)4/h11-12,14H,5-10H2,1-4H3. The summed E-state index contributed by atoms with van der Waals surface area (Å²) in [5, 5.41) is 3.88. The Labute approximate surface area is 99.8 Å². The van der Waals surface area contributed by atoms with Crippen LogP contribution < -0.4 is 5.32 Å². The summed E-state index contributed by atoms with van der Waals surface area (Å²) in [5.74, 6) is 2.64. The summed E-state index contributed by atoms with van der Waals surface area (Å²) in [7, 11) is 0. The SMILES string of the molecule is CCCC(CC)NC1CSCCC1(C)C. The molecule has 90 valence electrons. The lowest BCUT2D eigenvalue weighted by atomic mass is 9.81.